The van der Waals surface area contributed by atoms with Crippen LogP contribution in [0.2, 0.25) is 0 Å². The van der Waals surface area contributed by atoms with Gasteiger partial charge >= 0.3 is 28.4 Å². The van der Waals surface area contributed by atoms with Gasteiger partial charge in [0.15, 0.2) is 0 Å². The summed E-state index contributed by atoms with van der Waals surface area (Å²) in [6.45, 7) is 17.6. The third kappa shape index (κ3) is 7.31. The average Bonchev–Trinajstić information content (AvgIpc) is 3.22. The molecule has 0 aliphatic heterocycles. The quantitative estimate of drug-likeness (QED) is 0.300. The van der Waals surface area contributed by atoms with Crippen molar-refractivity contribution in [3.8, 4) is 11.1 Å². The average molecular weight is 533 g/mol. The molecule has 4 rings (SSSR count). The predicted molar refractivity (Wildman–Crippen MR) is 125 cm³/mol. The van der Waals surface area contributed by atoms with Gasteiger partial charge in [-0.25, -0.2) is 6.07 Å². The number of hydrogen-bond acceptors (Lipinski definition) is 0. The number of hydrogen-bond donors (Lipinski definition) is 0. The monoisotopic (exact) mass is 530 g/mol. The van der Waals surface area contributed by atoms with Crippen LogP contribution in [-0.2, 0) is 36.1 Å². The standard InChI is InChI=1S/C17H17.C10H15.CH2.2ClH.Zr/c1-10-5-14-9-15-6-11(2)13(4)8-17(15)16(14)7-12(10)3;1-8-5-6-9(7-8)10(2,3)4;;;;/h5,7-8H,9H2,1-4H3;5-7H,1-4H3;1H2;2*1H;/q2*-1;;;;+2/p-2. The van der Waals surface area contributed by atoms with Gasteiger partial charge in [0.2, 0.25) is 0 Å². The zero-order valence-corrected chi connectivity index (χ0v) is 24.1. The molecule has 0 bridgehead atoms. The third-order valence-corrected chi connectivity index (χ3v) is 5.77. The summed E-state index contributed by atoms with van der Waals surface area (Å²) in [6, 6.07) is 17.2. The molecule has 0 N–H and O–H groups in total. The molecule has 0 amide bonds. The summed E-state index contributed by atoms with van der Waals surface area (Å²) in [7, 11) is 0. The molecule has 0 aromatic heterocycles. The van der Waals surface area contributed by atoms with E-state index in [0.29, 0.717) is 5.41 Å². The van der Waals surface area contributed by atoms with Gasteiger partial charge in [-0.15, -0.1) is 11.1 Å². The Balaban J connectivity index is 0.000000560. The Labute approximate surface area is 217 Å². The van der Waals surface area contributed by atoms with Gasteiger partial charge in [0.05, 0.1) is 0 Å². The molecule has 0 heterocycles. The Bertz CT molecular complexity index is 951. The van der Waals surface area contributed by atoms with Gasteiger partial charge in [-0.1, -0.05) is 64.7 Å². The molecule has 0 nitrogen and oxygen atoms in total. The topological polar surface area (TPSA) is 0 Å². The Kier molecular flexibility index (Phi) is 12.0. The summed E-state index contributed by atoms with van der Waals surface area (Å²) < 4.78 is 3.34. The van der Waals surface area contributed by atoms with E-state index in [1.165, 1.54) is 79.9 Å². The van der Waals surface area contributed by atoms with Gasteiger partial charge in [0.25, 0.3) is 0 Å². The molecule has 1 aliphatic rings. The molecular formula is C28H34Cl2Zr-2. The van der Waals surface area contributed by atoms with Gasteiger partial charge in [-0.05, 0) is 37.0 Å². The van der Waals surface area contributed by atoms with E-state index in [4.69, 9.17) is 0 Å². The van der Waals surface area contributed by atoms with E-state index in [-0.39, 0.29) is 24.8 Å². The van der Waals surface area contributed by atoms with Crippen LogP contribution in [0.1, 0.15) is 65.3 Å². The van der Waals surface area contributed by atoms with E-state index in [0.717, 1.165) is 6.42 Å². The maximum atomic E-state index is 3.54. The maximum Gasteiger partial charge on any atom is -1.00 e. The number of halogens is 2. The van der Waals surface area contributed by atoms with Crippen LogP contribution in [-0.4, -0.2) is 4.21 Å². The summed E-state index contributed by atoms with van der Waals surface area (Å²) in [5.41, 5.74) is 14.2. The van der Waals surface area contributed by atoms with Crippen molar-refractivity contribution in [3.63, 3.8) is 0 Å². The third-order valence-electron chi connectivity index (χ3n) is 5.77. The second-order valence-electron chi connectivity index (χ2n) is 9.17. The van der Waals surface area contributed by atoms with Gasteiger partial charge < -0.3 is 24.8 Å². The summed E-state index contributed by atoms with van der Waals surface area (Å²) in [5.74, 6) is 0. The van der Waals surface area contributed by atoms with E-state index in [9.17, 15) is 0 Å². The molecule has 0 saturated carbocycles. The van der Waals surface area contributed by atoms with E-state index >= 15 is 0 Å². The molecule has 3 aromatic carbocycles. The summed E-state index contributed by atoms with van der Waals surface area (Å²) in [5, 5.41) is 0. The number of fused-ring (bicyclic) bond motifs is 3. The number of aryl methyl sites for hydroxylation is 5. The van der Waals surface area contributed by atoms with Crippen molar-refractivity contribution in [3.05, 3.63) is 87.0 Å². The van der Waals surface area contributed by atoms with Crippen molar-refractivity contribution in [1.82, 2.24) is 0 Å². The van der Waals surface area contributed by atoms with Gasteiger partial charge in [0, 0.05) is 0 Å². The first-order valence-corrected chi connectivity index (χ1v) is 12.0. The molecule has 0 saturated heterocycles. The molecular weight excluding hydrogens is 498 g/mol. The zero-order chi connectivity index (χ0) is 21.9. The Morgan fingerprint density at radius 3 is 1.87 bits per heavy atom. The van der Waals surface area contributed by atoms with Gasteiger partial charge in [-0.3, -0.25) is 0 Å². The summed E-state index contributed by atoms with van der Waals surface area (Å²) in [4.78, 5) is 0. The van der Waals surface area contributed by atoms with Crippen molar-refractivity contribution in [2.75, 3.05) is 0 Å². The van der Waals surface area contributed by atoms with Crippen LogP contribution in [0.15, 0.2) is 36.4 Å². The van der Waals surface area contributed by atoms with Crippen LogP contribution in [0.5, 0.6) is 0 Å². The Hall–Kier alpha value is -0.877. The normalized spacial score (nSPS) is 10.9. The fraction of sp³-hybridized carbons (Fsp3) is 0.357. The second-order valence-corrected chi connectivity index (χ2v) is 9.17. The molecule has 0 fully saturated rings. The molecule has 0 spiro atoms. The van der Waals surface area contributed by atoms with Crippen molar-refractivity contribution in [2.24, 2.45) is 0 Å². The van der Waals surface area contributed by atoms with Crippen molar-refractivity contribution >= 4 is 4.21 Å². The van der Waals surface area contributed by atoms with Crippen molar-refractivity contribution in [1.29, 1.82) is 0 Å². The first kappa shape index (κ1) is 30.1. The molecule has 166 valence electrons. The summed E-state index contributed by atoms with van der Waals surface area (Å²) >= 11 is 1.30. The fourth-order valence-corrected chi connectivity index (χ4v) is 3.68. The van der Waals surface area contributed by atoms with E-state index in [1.807, 2.05) is 0 Å². The first-order valence-electron chi connectivity index (χ1n) is 10.3. The SMILES string of the molecule is Cc1[c-]c2c(cc1C)-c1cc(C)c(C)cc1C2.Cc1cc(C(C)(C)C)c[cH-]1.[CH2]=[Zr+2].[Cl-].[Cl-]. The first-order chi connectivity index (χ1) is 13.6. The molecule has 0 unspecified atom stereocenters. The van der Waals surface area contributed by atoms with Crippen molar-refractivity contribution < 1.29 is 49.0 Å². The maximum absolute atomic E-state index is 3.54. The minimum atomic E-state index is 0. The zero-order valence-electron chi connectivity index (χ0n) is 20.1. The minimum absolute atomic E-state index is 0. The van der Waals surface area contributed by atoms with Gasteiger partial charge in [0.1, 0.15) is 0 Å². The molecule has 3 heteroatoms. The predicted octanol–water partition coefficient (Wildman–Crippen LogP) is 1.28. The second kappa shape index (κ2) is 12.4. The van der Waals surface area contributed by atoms with E-state index < -0.39 is 0 Å². The molecule has 0 radical (unpaired) electrons. The van der Waals surface area contributed by atoms with E-state index in [1.54, 1.807) is 0 Å². The van der Waals surface area contributed by atoms with Crippen LogP contribution in [0.3, 0.4) is 0 Å². The van der Waals surface area contributed by atoms with Crippen LogP contribution in [0.25, 0.3) is 11.1 Å². The molecule has 1 aliphatic carbocycles. The largest absolute Gasteiger partial charge is 1.00 e. The molecule has 3 aromatic rings. The molecule has 0 atom stereocenters. The Morgan fingerprint density at radius 2 is 1.39 bits per heavy atom. The van der Waals surface area contributed by atoms with Crippen LogP contribution >= 0.6 is 0 Å². The van der Waals surface area contributed by atoms with Crippen LogP contribution in [0, 0.1) is 40.7 Å². The minimum Gasteiger partial charge on any atom is -1.00 e. The van der Waals surface area contributed by atoms with E-state index in [2.05, 4.69) is 102 Å². The summed E-state index contributed by atoms with van der Waals surface area (Å²) in [6.07, 6.45) is 1.05. The molecule has 31 heavy (non-hydrogen) atoms. The smallest absolute Gasteiger partial charge is 1.00 e. The fourth-order valence-electron chi connectivity index (χ4n) is 3.68. The Morgan fingerprint density at radius 1 is 0.839 bits per heavy atom. The van der Waals surface area contributed by atoms with Crippen molar-refractivity contribution in [2.45, 2.75) is 67.2 Å². The number of rotatable bonds is 0. The van der Waals surface area contributed by atoms with Gasteiger partial charge in [-0.2, -0.15) is 46.5 Å². The van der Waals surface area contributed by atoms with Crippen LogP contribution < -0.4 is 24.8 Å². The van der Waals surface area contributed by atoms with Crippen LogP contribution in [0.4, 0.5) is 0 Å². The number of benzene rings is 2.